The lowest BCUT2D eigenvalue weighted by molar-refractivity contribution is 0.602. The van der Waals surface area contributed by atoms with Crippen molar-refractivity contribution in [3.63, 3.8) is 0 Å². The Balaban J connectivity index is 2.18. The normalized spacial score (nSPS) is 11.7. The minimum atomic E-state index is -3.13. The molecule has 19 heavy (non-hydrogen) atoms. The van der Waals surface area contributed by atoms with Gasteiger partial charge in [0.05, 0.1) is 11.2 Å². The van der Waals surface area contributed by atoms with E-state index in [9.17, 15) is 8.42 Å². The summed E-state index contributed by atoms with van der Waals surface area (Å²) in [6.45, 7) is 1.25. The number of nitrogens with two attached hydrogens (primary N) is 1. The summed E-state index contributed by atoms with van der Waals surface area (Å²) in [5.74, 6) is 0. The highest BCUT2D eigenvalue weighted by Crippen LogP contribution is 2.12. The molecule has 1 heterocycles. The van der Waals surface area contributed by atoms with Gasteiger partial charge in [-0.25, -0.2) is 13.4 Å². The molecule has 0 saturated heterocycles. The molecule has 0 atom stereocenters. The zero-order valence-corrected chi connectivity index (χ0v) is 11.6. The van der Waals surface area contributed by atoms with Crippen LogP contribution in [0.2, 0.25) is 0 Å². The zero-order chi connectivity index (χ0) is 13.9. The Kier molecular flexibility index (Phi) is 4.01. The summed E-state index contributed by atoms with van der Waals surface area (Å²) in [5, 5.41) is 0. The van der Waals surface area contributed by atoms with Gasteiger partial charge in [-0.15, -0.1) is 0 Å². The van der Waals surface area contributed by atoms with Gasteiger partial charge >= 0.3 is 0 Å². The topological polar surface area (TPSA) is 78.0 Å². The van der Waals surface area contributed by atoms with Crippen LogP contribution >= 0.6 is 0 Å². The highest BCUT2D eigenvalue weighted by atomic mass is 32.2. The van der Waals surface area contributed by atoms with Gasteiger partial charge in [0.15, 0.2) is 9.84 Å². The van der Waals surface area contributed by atoms with E-state index in [4.69, 9.17) is 5.73 Å². The molecule has 0 aliphatic heterocycles. The molecule has 0 aliphatic rings. The molecule has 5 nitrogen and oxygen atoms in total. The molecular formula is C13H17N3O2S. The first-order valence-electron chi connectivity index (χ1n) is 5.99. The molecule has 1 aromatic heterocycles. The summed E-state index contributed by atoms with van der Waals surface area (Å²) in [6.07, 6.45) is 5.55. The summed E-state index contributed by atoms with van der Waals surface area (Å²) in [6, 6.07) is 6.90. The van der Waals surface area contributed by atoms with Crippen LogP contribution in [0.15, 0.2) is 41.7 Å². The molecule has 1 aromatic carbocycles. The molecule has 2 rings (SSSR count). The Labute approximate surface area is 113 Å². The van der Waals surface area contributed by atoms with Crippen LogP contribution in [0, 0.1) is 0 Å². The first-order valence-corrected chi connectivity index (χ1v) is 7.88. The summed E-state index contributed by atoms with van der Waals surface area (Å²) >= 11 is 0. The summed E-state index contributed by atoms with van der Waals surface area (Å²) in [7, 11) is -3.13. The van der Waals surface area contributed by atoms with Crippen LogP contribution < -0.4 is 5.73 Å². The van der Waals surface area contributed by atoms with Gasteiger partial charge < -0.3 is 10.3 Å². The van der Waals surface area contributed by atoms with Crippen LogP contribution in [0.4, 0.5) is 0 Å². The van der Waals surface area contributed by atoms with Crippen molar-refractivity contribution in [3.8, 4) is 0 Å². The molecule has 0 amide bonds. The number of hydrogen-bond acceptors (Lipinski definition) is 4. The first-order chi connectivity index (χ1) is 9.00. The van der Waals surface area contributed by atoms with E-state index < -0.39 is 9.84 Å². The lowest BCUT2D eigenvalue weighted by Gasteiger charge is -2.08. The summed E-state index contributed by atoms with van der Waals surface area (Å²) in [4.78, 5) is 4.44. The van der Waals surface area contributed by atoms with Gasteiger partial charge in [-0.2, -0.15) is 0 Å². The molecule has 2 N–H and O–H groups in total. The largest absolute Gasteiger partial charge is 0.330 e. The second-order valence-electron chi connectivity index (χ2n) is 4.47. The van der Waals surface area contributed by atoms with E-state index in [-0.39, 0.29) is 0 Å². The quantitative estimate of drug-likeness (QED) is 0.879. The molecule has 0 fully saturated rings. The highest BCUT2D eigenvalue weighted by Gasteiger charge is 2.07. The van der Waals surface area contributed by atoms with Gasteiger partial charge in [-0.05, 0) is 24.2 Å². The van der Waals surface area contributed by atoms with Crippen molar-refractivity contribution in [1.82, 2.24) is 9.55 Å². The van der Waals surface area contributed by atoms with Gasteiger partial charge in [0.25, 0.3) is 0 Å². The van der Waals surface area contributed by atoms with E-state index in [1.165, 1.54) is 6.26 Å². The van der Waals surface area contributed by atoms with E-state index in [2.05, 4.69) is 4.98 Å². The molecule has 0 radical (unpaired) electrons. The number of hydrogen-bond donors (Lipinski definition) is 1. The Bertz CT molecular complexity index is 645. The van der Waals surface area contributed by atoms with E-state index in [1.54, 1.807) is 24.7 Å². The minimum Gasteiger partial charge on any atom is -0.330 e. The van der Waals surface area contributed by atoms with E-state index in [0.29, 0.717) is 18.0 Å². The predicted molar refractivity (Wildman–Crippen MR) is 73.6 cm³/mol. The van der Waals surface area contributed by atoms with Crippen molar-refractivity contribution in [3.05, 3.63) is 48.0 Å². The maximum Gasteiger partial charge on any atom is 0.175 e. The van der Waals surface area contributed by atoms with E-state index in [0.717, 1.165) is 17.7 Å². The number of nitrogens with zero attached hydrogens (tertiary/aromatic N) is 2. The van der Waals surface area contributed by atoms with Crippen molar-refractivity contribution in [1.29, 1.82) is 0 Å². The lowest BCUT2D eigenvalue weighted by Crippen LogP contribution is -2.09. The number of sulfone groups is 1. The lowest BCUT2D eigenvalue weighted by atomic mass is 10.2. The van der Waals surface area contributed by atoms with Crippen LogP contribution in [0.1, 0.15) is 11.3 Å². The number of aromatic nitrogens is 2. The highest BCUT2D eigenvalue weighted by molar-refractivity contribution is 7.90. The fourth-order valence-electron chi connectivity index (χ4n) is 1.89. The smallest absolute Gasteiger partial charge is 0.175 e. The summed E-state index contributed by atoms with van der Waals surface area (Å²) < 4.78 is 24.8. The molecule has 0 spiro atoms. The first kappa shape index (κ1) is 13.8. The van der Waals surface area contributed by atoms with Gasteiger partial charge in [0.1, 0.15) is 0 Å². The average molecular weight is 279 g/mol. The molecule has 6 heteroatoms. The van der Waals surface area contributed by atoms with Crippen molar-refractivity contribution in [2.45, 2.75) is 17.9 Å². The number of benzene rings is 1. The maximum atomic E-state index is 11.4. The Hall–Kier alpha value is -1.66. The molecule has 0 saturated carbocycles. The van der Waals surface area contributed by atoms with Crippen molar-refractivity contribution < 1.29 is 8.42 Å². The predicted octanol–water partition coefficient (Wildman–Crippen LogP) is 0.836. The van der Waals surface area contributed by atoms with Gasteiger partial charge in [0.2, 0.25) is 0 Å². The second-order valence-corrected chi connectivity index (χ2v) is 6.48. The van der Waals surface area contributed by atoms with Crippen LogP contribution in [-0.2, 0) is 22.8 Å². The average Bonchev–Trinajstić information content (AvgIpc) is 2.77. The van der Waals surface area contributed by atoms with E-state index in [1.807, 2.05) is 16.7 Å². The standard InChI is InChI=1S/C13H17N3O2S/c1-19(17,18)13-4-2-11(3-5-13)9-16-10-15-8-12(16)6-7-14/h2-5,8,10H,6-7,9,14H2,1H3. The molecular weight excluding hydrogens is 262 g/mol. The SMILES string of the molecule is CS(=O)(=O)c1ccc(Cn2cncc2CCN)cc1. The molecule has 102 valence electrons. The third kappa shape index (κ3) is 3.42. The number of imidazole rings is 1. The fourth-order valence-corrected chi connectivity index (χ4v) is 2.52. The Morgan fingerprint density at radius 1 is 1.26 bits per heavy atom. The van der Waals surface area contributed by atoms with Crippen molar-refractivity contribution in [2.24, 2.45) is 5.73 Å². The van der Waals surface area contributed by atoms with Crippen LogP contribution in [0.3, 0.4) is 0 Å². The fraction of sp³-hybridized carbons (Fsp3) is 0.308. The number of rotatable bonds is 5. The zero-order valence-electron chi connectivity index (χ0n) is 10.8. The van der Waals surface area contributed by atoms with E-state index >= 15 is 0 Å². The molecule has 0 bridgehead atoms. The van der Waals surface area contributed by atoms with Crippen molar-refractivity contribution >= 4 is 9.84 Å². The van der Waals surface area contributed by atoms with Gasteiger partial charge in [-0.3, -0.25) is 0 Å². The second kappa shape index (κ2) is 5.54. The Morgan fingerprint density at radius 2 is 1.95 bits per heavy atom. The third-order valence-corrected chi connectivity index (χ3v) is 4.03. The van der Waals surface area contributed by atoms with Crippen LogP contribution in [0.25, 0.3) is 0 Å². The maximum absolute atomic E-state index is 11.4. The molecule has 0 unspecified atom stereocenters. The Morgan fingerprint density at radius 3 is 2.53 bits per heavy atom. The summed E-state index contributed by atoms with van der Waals surface area (Å²) in [5.41, 5.74) is 7.65. The molecule has 2 aromatic rings. The van der Waals surface area contributed by atoms with Crippen LogP contribution in [0.5, 0.6) is 0 Å². The van der Waals surface area contributed by atoms with Gasteiger partial charge in [0, 0.05) is 31.1 Å². The van der Waals surface area contributed by atoms with Crippen LogP contribution in [-0.4, -0.2) is 30.8 Å². The molecule has 0 aliphatic carbocycles. The monoisotopic (exact) mass is 279 g/mol. The minimum absolute atomic E-state index is 0.337. The van der Waals surface area contributed by atoms with Gasteiger partial charge in [-0.1, -0.05) is 12.1 Å². The van der Waals surface area contributed by atoms with Crippen molar-refractivity contribution in [2.75, 3.05) is 12.8 Å². The third-order valence-electron chi connectivity index (χ3n) is 2.90.